The number of hydrogen-bond donors (Lipinski definition) is 1. The summed E-state index contributed by atoms with van der Waals surface area (Å²) in [6.07, 6.45) is 1.34. The minimum atomic E-state index is -0.223. The smallest absolute Gasteiger partial charge is 0.227 e. The number of halogens is 1. The van der Waals surface area contributed by atoms with Gasteiger partial charge >= 0.3 is 0 Å². The van der Waals surface area contributed by atoms with Gasteiger partial charge in [-0.25, -0.2) is 4.39 Å². The van der Waals surface area contributed by atoms with Crippen LogP contribution in [0.25, 0.3) is 0 Å². The number of likely N-dealkylation sites (tertiary alicyclic amines) is 1. The lowest BCUT2D eigenvalue weighted by Gasteiger charge is -2.17. The van der Waals surface area contributed by atoms with E-state index in [9.17, 15) is 9.18 Å². The molecule has 120 valence electrons. The lowest BCUT2D eigenvalue weighted by molar-refractivity contribution is -0.129. The monoisotopic (exact) mass is 312 g/mol. The zero-order chi connectivity index (χ0) is 16.2. The molecule has 4 heteroatoms. The fourth-order valence-electron chi connectivity index (χ4n) is 3.15. The topological polar surface area (TPSA) is 46.3 Å². The minimum absolute atomic E-state index is 0.142. The van der Waals surface area contributed by atoms with Crippen LogP contribution in [0.15, 0.2) is 48.5 Å². The number of hydrogen-bond acceptors (Lipinski definition) is 2. The summed E-state index contributed by atoms with van der Waals surface area (Å²) in [5.41, 5.74) is 8.79. The van der Waals surface area contributed by atoms with Crippen molar-refractivity contribution in [1.82, 2.24) is 4.90 Å². The number of nitrogens with zero attached hydrogens (tertiary/aromatic N) is 1. The highest BCUT2D eigenvalue weighted by Gasteiger charge is 2.27. The highest BCUT2D eigenvalue weighted by molar-refractivity contribution is 5.79. The zero-order valence-corrected chi connectivity index (χ0v) is 13.0. The molecule has 1 aliphatic heterocycles. The molecule has 1 heterocycles. The van der Waals surface area contributed by atoms with Gasteiger partial charge in [-0.15, -0.1) is 0 Å². The third-order valence-corrected chi connectivity index (χ3v) is 4.46. The first-order valence-corrected chi connectivity index (χ1v) is 7.97. The van der Waals surface area contributed by atoms with Crippen molar-refractivity contribution in [3.05, 3.63) is 71.0 Å². The Hall–Kier alpha value is -2.20. The average molecular weight is 312 g/mol. The van der Waals surface area contributed by atoms with E-state index in [1.165, 1.54) is 12.1 Å². The van der Waals surface area contributed by atoms with E-state index in [0.717, 1.165) is 29.7 Å². The van der Waals surface area contributed by atoms with Crippen LogP contribution in [0, 0.1) is 5.82 Å². The van der Waals surface area contributed by atoms with Gasteiger partial charge in [-0.05, 0) is 35.2 Å². The number of carbonyl (C=O) groups is 1. The van der Waals surface area contributed by atoms with Crippen LogP contribution < -0.4 is 5.73 Å². The molecule has 1 fully saturated rings. The fourth-order valence-corrected chi connectivity index (χ4v) is 3.15. The van der Waals surface area contributed by atoms with E-state index < -0.39 is 0 Å². The molecular weight excluding hydrogens is 291 g/mol. The average Bonchev–Trinajstić information content (AvgIpc) is 3.06. The molecule has 23 heavy (non-hydrogen) atoms. The second kappa shape index (κ2) is 6.92. The van der Waals surface area contributed by atoms with Gasteiger partial charge in [-0.2, -0.15) is 0 Å². The van der Waals surface area contributed by atoms with E-state index in [4.69, 9.17) is 5.73 Å². The Morgan fingerprint density at radius 2 is 1.91 bits per heavy atom. The third-order valence-electron chi connectivity index (χ3n) is 4.46. The molecule has 0 spiro atoms. The Morgan fingerprint density at radius 3 is 2.65 bits per heavy atom. The van der Waals surface area contributed by atoms with Crippen molar-refractivity contribution in [2.45, 2.75) is 25.3 Å². The maximum atomic E-state index is 13.0. The van der Waals surface area contributed by atoms with Crippen molar-refractivity contribution in [3.8, 4) is 0 Å². The first-order chi connectivity index (χ1) is 11.2. The van der Waals surface area contributed by atoms with E-state index in [1.54, 1.807) is 0 Å². The van der Waals surface area contributed by atoms with Crippen LogP contribution in [0.2, 0.25) is 0 Å². The molecule has 2 N–H and O–H groups in total. The summed E-state index contributed by atoms with van der Waals surface area (Å²) in [6, 6.07) is 14.5. The van der Waals surface area contributed by atoms with Gasteiger partial charge < -0.3 is 10.6 Å². The van der Waals surface area contributed by atoms with Crippen LogP contribution in [0.5, 0.6) is 0 Å². The molecule has 1 amide bonds. The predicted octanol–water partition coefficient (Wildman–Crippen LogP) is 2.84. The van der Waals surface area contributed by atoms with Gasteiger partial charge in [0, 0.05) is 25.6 Å². The Morgan fingerprint density at radius 1 is 1.17 bits per heavy atom. The fraction of sp³-hybridized carbons (Fsp3) is 0.316. The van der Waals surface area contributed by atoms with E-state index in [2.05, 4.69) is 0 Å². The van der Waals surface area contributed by atoms with Gasteiger partial charge in [0.2, 0.25) is 5.91 Å². The van der Waals surface area contributed by atoms with Gasteiger partial charge in [-0.1, -0.05) is 36.4 Å². The van der Waals surface area contributed by atoms with Gasteiger partial charge in [0.15, 0.2) is 0 Å². The van der Waals surface area contributed by atoms with Crippen molar-refractivity contribution < 1.29 is 9.18 Å². The molecule has 2 aromatic rings. The Balaban J connectivity index is 1.61. The van der Waals surface area contributed by atoms with Crippen LogP contribution in [-0.4, -0.2) is 23.9 Å². The summed E-state index contributed by atoms with van der Waals surface area (Å²) in [5, 5.41) is 0. The highest BCUT2D eigenvalue weighted by Crippen LogP contribution is 2.27. The molecule has 3 rings (SSSR count). The standard InChI is InChI=1S/C19H21FN2O/c20-18-6-4-16(5-7-18)17-8-9-22(13-17)19(23)11-14-2-1-3-15(10-14)12-21/h1-7,10,17H,8-9,11-13,21H2/t17-/m1/s1. The van der Waals surface area contributed by atoms with Gasteiger partial charge in [0.05, 0.1) is 6.42 Å². The zero-order valence-electron chi connectivity index (χ0n) is 13.0. The van der Waals surface area contributed by atoms with Crippen LogP contribution in [0.3, 0.4) is 0 Å². The Labute approximate surface area is 135 Å². The predicted molar refractivity (Wildman–Crippen MR) is 88.4 cm³/mol. The molecule has 0 saturated carbocycles. The first kappa shape index (κ1) is 15.7. The first-order valence-electron chi connectivity index (χ1n) is 7.97. The van der Waals surface area contributed by atoms with E-state index in [0.29, 0.717) is 25.4 Å². The number of rotatable bonds is 4. The summed E-state index contributed by atoms with van der Waals surface area (Å²) in [7, 11) is 0. The maximum Gasteiger partial charge on any atom is 0.227 e. The molecule has 0 unspecified atom stereocenters. The molecule has 0 bridgehead atoms. The normalized spacial score (nSPS) is 17.5. The lowest BCUT2D eigenvalue weighted by atomic mass is 9.98. The lowest BCUT2D eigenvalue weighted by Crippen LogP contribution is -2.29. The molecule has 0 aliphatic carbocycles. The van der Waals surface area contributed by atoms with Crippen LogP contribution in [-0.2, 0) is 17.8 Å². The van der Waals surface area contributed by atoms with E-state index in [1.807, 2.05) is 41.3 Å². The van der Waals surface area contributed by atoms with E-state index >= 15 is 0 Å². The van der Waals surface area contributed by atoms with Crippen LogP contribution >= 0.6 is 0 Å². The van der Waals surface area contributed by atoms with Crippen LogP contribution in [0.4, 0.5) is 4.39 Å². The Bertz CT molecular complexity index is 684. The summed E-state index contributed by atoms with van der Waals surface area (Å²) < 4.78 is 13.0. The van der Waals surface area contributed by atoms with E-state index in [-0.39, 0.29) is 11.7 Å². The number of carbonyl (C=O) groups excluding carboxylic acids is 1. The third kappa shape index (κ3) is 3.77. The summed E-state index contributed by atoms with van der Waals surface area (Å²) >= 11 is 0. The van der Waals surface area contributed by atoms with Crippen molar-refractivity contribution >= 4 is 5.91 Å². The van der Waals surface area contributed by atoms with Crippen molar-refractivity contribution in [3.63, 3.8) is 0 Å². The minimum Gasteiger partial charge on any atom is -0.342 e. The highest BCUT2D eigenvalue weighted by atomic mass is 19.1. The molecular formula is C19H21FN2O. The molecule has 1 saturated heterocycles. The molecule has 0 radical (unpaired) electrons. The SMILES string of the molecule is NCc1cccc(CC(=O)N2CC[C@@H](c3ccc(F)cc3)C2)c1. The number of benzene rings is 2. The number of nitrogens with two attached hydrogens (primary N) is 1. The van der Waals surface area contributed by atoms with Gasteiger partial charge in [0.25, 0.3) is 0 Å². The molecule has 1 aliphatic rings. The second-order valence-corrected chi connectivity index (χ2v) is 6.08. The van der Waals surface area contributed by atoms with Crippen molar-refractivity contribution in [1.29, 1.82) is 0 Å². The van der Waals surface area contributed by atoms with Crippen molar-refractivity contribution in [2.75, 3.05) is 13.1 Å². The van der Waals surface area contributed by atoms with Crippen LogP contribution in [0.1, 0.15) is 29.0 Å². The molecule has 2 aromatic carbocycles. The van der Waals surface area contributed by atoms with Gasteiger partial charge in [-0.3, -0.25) is 4.79 Å². The second-order valence-electron chi connectivity index (χ2n) is 6.08. The quantitative estimate of drug-likeness (QED) is 0.943. The molecule has 0 aromatic heterocycles. The molecule has 1 atom stereocenters. The maximum absolute atomic E-state index is 13.0. The number of amides is 1. The largest absolute Gasteiger partial charge is 0.342 e. The summed E-state index contributed by atoms with van der Waals surface area (Å²) in [5.74, 6) is 0.221. The summed E-state index contributed by atoms with van der Waals surface area (Å²) in [4.78, 5) is 14.4. The Kier molecular flexibility index (Phi) is 4.72. The van der Waals surface area contributed by atoms with Crippen molar-refractivity contribution in [2.24, 2.45) is 5.73 Å². The molecule has 3 nitrogen and oxygen atoms in total. The summed E-state index contributed by atoms with van der Waals surface area (Å²) in [6.45, 7) is 1.96. The van der Waals surface area contributed by atoms with Gasteiger partial charge in [0.1, 0.15) is 5.82 Å².